The summed E-state index contributed by atoms with van der Waals surface area (Å²) >= 11 is 0. The lowest BCUT2D eigenvalue weighted by molar-refractivity contribution is -0.127. The Morgan fingerprint density at radius 2 is 1.67 bits per heavy atom. The second-order valence-electron chi connectivity index (χ2n) is 9.87. The van der Waals surface area contributed by atoms with Crippen molar-refractivity contribution in [3.63, 3.8) is 0 Å². The van der Waals surface area contributed by atoms with Gasteiger partial charge >= 0.3 is 0 Å². The molecule has 4 aromatic rings. The van der Waals surface area contributed by atoms with Gasteiger partial charge in [0, 0.05) is 17.8 Å². The fourth-order valence-electron chi connectivity index (χ4n) is 5.14. The van der Waals surface area contributed by atoms with E-state index in [0.29, 0.717) is 28.3 Å². The van der Waals surface area contributed by atoms with Gasteiger partial charge in [-0.2, -0.15) is 0 Å². The number of aromatic nitrogens is 3. The Balaban J connectivity index is 1.61. The first-order valence-corrected chi connectivity index (χ1v) is 13.2. The van der Waals surface area contributed by atoms with Gasteiger partial charge in [-0.3, -0.25) is 14.5 Å². The smallest absolute Gasteiger partial charge is 0.249 e. The molecule has 0 radical (unpaired) electrons. The Kier molecular flexibility index (Phi) is 7.76. The average Bonchev–Trinajstić information content (AvgIpc) is 3.62. The van der Waals surface area contributed by atoms with Crippen molar-refractivity contribution in [1.29, 1.82) is 0 Å². The zero-order valence-corrected chi connectivity index (χ0v) is 22.5. The number of carbonyl (C=O) groups excluding carboxylic acids is 2. The Bertz CT molecular complexity index is 1440. The first-order chi connectivity index (χ1) is 19.0. The molecule has 5 rings (SSSR count). The highest BCUT2D eigenvalue weighted by atomic mass is 16.5. The van der Waals surface area contributed by atoms with Gasteiger partial charge in [0.2, 0.25) is 11.8 Å². The molecule has 1 aromatic heterocycles. The molecule has 0 saturated heterocycles. The molecule has 0 aliphatic heterocycles. The molecule has 9 nitrogen and oxygen atoms in total. The molecule has 39 heavy (non-hydrogen) atoms. The third-order valence-electron chi connectivity index (χ3n) is 7.18. The molecule has 1 heterocycles. The molecule has 2 amide bonds. The molecule has 1 atom stereocenters. The highest BCUT2D eigenvalue weighted by molar-refractivity contribution is 6.01. The maximum atomic E-state index is 14.2. The molecule has 1 fully saturated rings. The van der Waals surface area contributed by atoms with E-state index in [1.807, 2.05) is 55.5 Å². The summed E-state index contributed by atoms with van der Waals surface area (Å²) in [4.78, 5) is 29.8. The van der Waals surface area contributed by atoms with Crippen molar-refractivity contribution in [2.75, 3.05) is 19.1 Å². The summed E-state index contributed by atoms with van der Waals surface area (Å²) in [6.07, 6.45) is 3.98. The summed E-state index contributed by atoms with van der Waals surface area (Å²) in [5.41, 5.74) is 3.66. The number of fused-ring (bicyclic) bond motifs is 1. The van der Waals surface area contributed by atoms with Crippen LogP contribution >= 0.6 is 0 Å². The number of hydrogen-bond donors (Lipinski definition) is 1. The number of para-hydroxylation sites is 1. The van der Waals surface area contributed by atoms with E-state index in [9.17, 15) is 9.59 Å². The van der Waals surface area contributed by atoms with Crippen LogP contribution in [0.25, 0.3) is 11.0 Å². The first-order valence-electron chi connectivity index (χ1n) is 13.2. The highest BCUT2D eigenvalue weighted by Crippen LogP contribution is 2.34. The molecule has 3 aromatic carbocycles. The van der Waals surface area contributed by atoms with Crippen LogP contribution in [0.4, 0.5) is 5.69 Å². The fraction of sp³-hybridized carbons (Fsp3) is 0.333. The number of methoxy groups -OCH3 is 2. The van der Waals surface area contributed by atoms with E-state index < -0.39 is 6.04 Å². The van der Waals surface area contributed by atoms with E-state index in [1.54, 1.807) is 42.0 Å². The molecule has 202 valence electrons. The topological polar surface area (TPSA) is 98.6 Å². The third kappa shape index (κ3) is 5.72. The molecule has 1 N–H and O–H groups in total. The molecular formula is C30H33N5O4. The van der Waals surface area contributed by atoms with Crippen LogP contribution in [0.5, 0.6) is 11.5 Å². The van der Waals surface area contributed by atoms with Crippen LogP contribution in [-0.2, 0) is 16.1 Å². The van der Waals surface area contributed by atoms with Crippen LogP contribution in [-0.4, -0.2) is 47.1 Å². The standard InChI is InChI=1S/C30H33N5O4/c1-20-12-14-23(15-13-20)35(28(36)19-34-27-11-7-6-10-26(27)32-33-34)29(30(37)31-22-8-4-5-9-22)21-16-24(38-2)18-25(17-21)39-3/h6-7,10-18,22,29H,4-5,8-9,19H2,1-3H3,(H,31,37). The van der Waals surface area contributed by atoms with E-state index in [4.69, 9.17) is 9.47 Å². The first kappa shape index (κ1) is 26.2. The largest absolute Gasteiger partial charge is 0.497 e. The third-order valence-corrected chi connectivity index (χ3v) is 7.18. The maximum Gasteiger partial charge on any atom is 0.249 e. The molecule has 1 unspecified atom stereocenters. The summed E-state index contributed by atoms with van der Waals surface area (Å²) in [5.74, 6) is 0.501. The van der Waals surface area contributed by atoms with Gasteiger partial charge in [-0.1, -0.05) is 47.9 Å². The number of ether oxygens (including phenoxy) is 2. The van der Waals surface area contributed by atoms with Crippen molar-refractivity contribution < 1.29 is 19.1 Å². The van der Waals surface area contributed by atoms with Gasteiger partial charge in [0.15, 0.2) is 0 Å². The lowest BCUT2D eigenvalue weighted by Crippen LogP contribution is -2.47. The molecule has 1 aliphatic rings. The summed E-state index contributed by atoms with van der Waals surface area (Å²) < 4.78 is 12.6. The summed E-state index contributed by atoms with van der Waals surface area (Å²) in [5, 5.41) is 11.6. The van der Waals surface area contributed by atoms with E-state index in [2.05, 4.69) is 15.6 Å². The predicted molar refractivity (Wildman–Crippen MR) is 149 cm³/mol. The highest BCUT2D eigenvalue weighted by Gasteiger charge is 2.35. The van der Waals surface area contributed by atoms with Crippen LogP contribution in [0.3, 0.4) is 0 Å². The normalized spacial score (nSPS) is 14.2. The number of carbonyl (C=O) groups is 2. The zero-order chi connectivity index (χ0) is 27.4. The van der Waals surface area contributed by atoms with Gasteiger partial charge in [0.05, 0.1) is 19.7 Å². The number of amides is 2. The van der Waals surface area contributed by atoms with Crippen molar-refractivity contribution >= 4 is 28.5 Å². The molecular weight excluding hydrogens is 494 g/mol. The van der Waals surface area contributed by atoms with Gasteiger partial charge < -0.3 is 14.8 Å². The Morgan fingerprint density at radius 1 is 1.00 bits per heavy atom. The fourth-order valence-corrected chi connectivity index (χ4v) is 5.14. The minimum absolute atomic E-state index is 0.0710. The van der Waals surface area contributed by atoms with Crippen molar-refractivity contribution in [2.24, 2.45) is 0 Å². The summed E-state index contributed by atoms with van der Waals surface area (Å²) in [6, 6.07) is 19.5. The predicted octanol–water partition coefficient (Wildman–Crippen LogP) is 4.59. The number of nitrogens with zero attached hydrogens (tertiary/aromatic N) is 4. The number of rotatable bonds is 9. The van der Waals surface area contributed by atoms with E-state index in [1.165, 1.54) is 0 Å². The number of nitrogens with one attached hydrogen (secondary N) is 1. The molecule has 0 spiro atoms. The van der Waals surface area contributed by atoms with Gasteiger partial charge in [-0.25, -0.2) is 4.68 Å². The monoisotopic (exact) mass is 527 g/mol. The van der Waals surface area contributed by atoms with Crippen LogP contribution in [0.15, 0.2) is 66.7 Å². The van der Waals surface area contributed by atoms with Crippen molar-refractivity contribution in [1.82, 2.24) is 20.3 Å². The van der Waals surface area contributed by atoms with E-state index >= 15 is 0 Å². The molecule has 1 aliphatic carbocycles. The second kappa shape index (κ2) is 11.6. The van der Waals surface area contributed by atoms with Crippen molar-refractivity contribution in [2.45, 2.75) is 51.2 Å². The van der Waals surface area contributed by atoms with Gasteiger partial charge in [0.25, 0.3) is 0 Å². The Morgan fingerprint density at radius 3 is 2.33 bits per heavy atom. The van der Waals surface area contributed by atoms with Crippen molar-refractivity contribution in [3.05, 3.63) is 77.9 Å². The molecule has 1 saturated carbocycles. The van der Waals surface area contributed by atoms with Crippen LogP contribution in [0.1, 0.15) is 42.9 Å². The summed E-state index contributed by atoms with van der Waals surface area (Å²) in [6.45, 7) is 1.89. The summed E-state index contributed by atoms with van der Waals surface area (Å²) in [7, 11) is 3.12. The number of aryl methyl sites for hydroxylation is 1. The average molecular weight is 528 g/mol. The van der Waals surface area contributed by atoms with E-state index in [-0.39, 0.29) is 24.4 Å². The Hall–Kier alpha value is -4.40. The lowest BCUT2D eigenvalue weighted by Gasteiger charge is -2.32. The van der Waals surface area contributed by atoms with Gasteiger partial charge in [-0.15, -0.1) is 5.10 Å². The lowest BCUT2D eigenvalue weighted by atomic mass is 10.0. The molecule has 9 heteroatoms. The van der Waals surface area contributed by atoms with Crippen LogP contribution in [0.2, 0.25) is 0 Å². The second-order valence-corrected chi connectivity index (χ2v) is 9.87. The minimum Gasteiger partial charge on any atom is -0.497 e. The number of anilines is 1. The van der Waals surface area contributed by atoms with Gasteiger partial charge in [-0.05, 0) is 61.7 Å². The Labute approximate surface area is 227 Å². The van der Waals surface area contributed by atoms with Crippen LogP contribution < -0.4 is 19.7 Å². The number of benzene rings is 3. The molecule has 0 bridgehead atoms. The van der Waals surface area contributed by atoms with Crippen LogP contribution in [0, 0.1) is 6.92 Å². The quantitative estimate of drug-likeness (QED) is 0.342. The zero-order valence-electron chi connectivity index (χ0n) is 22.5. The minimum atomic E-state index is -0.973. The maximum absolute atomic E-state index is 14.2. The number of hydrogen-bond acceptors (Lipinski definition) is 6. The van der Waals surface area contributed by atoms with E-state index in [0.717, 1.165) is 36.8 Å². The van der Waals surface area contributed by atoms with Crippen molar-refractivity contribution in [3.8, 4) is 11.5 Å². The van der Waals surface area contributed by atoms with Gasteiger partial charge in [0.1, 0.15) is 29.6 Å². The SMILES string of the molecule is COc1cc(OC)cc(C(C(=O)NC2CCCC2)N(C(=O)Cn2nnc3ccccc32)c2ccc(C)cc2)c1.